The van der Waals surface area contributed by atoms with Crippen molar-refractivity contribution in [3.05, 3.63) is 69.2 Å². The maximum Gasteiger partial charge on any atom is 0.242 e. The molecule has 0 aliphatic heterocycles. The molecule has 1 atom stereocenters. The van der Waals surface area contributed by atoms with Gasteiger partial charge in [-0.3, -0.25) is 9.59 Å². The number of nitrogens with one attached hydrogen (secondary N) is 1. The van der Waals surface area contributed by atoms with Crippen LogP contribution in [0.1, 0.15) is 25.0 Å². The van der Waals surface area contributed by atoms with Gasteiger partial charge < -0.3 is 10.2 Å². The summed E-state index contributed by atoms with van der Waals surface area (Å²) in [5.41, 5.74) is 1.71. The summed E-state index contributed by atoms with van der Waals surface area (Å²) < 4.78 is 0.965. The molecule has 0 radical (unpaired) electrons. The van der Waals surface area contributed by atoms with E-state index in [2.05, 4.69) is 21.2 Å². The number of rotatable bonds is 7. The van der Waals surface area contributed by atoms with Crippen LogP contribution < -0.4 is 5.32 Å². The smallest absolute Gasteiger partial charge is 0.242 e. The van der Waals surface area contributed by atoms with Crippen LogP contribution in [0.5, 0.6) is 0 Å². The van der Waals surface area contributed by atoms with E-state index in [1.807, 2.05) is 49.4 Å². The minimum atomic E-state index is -0.575. The maximum absolute atomic E-state index is 13.0. The Balaban J connectivity index is 2.23. The molecule has 0 saturated carbocycles. The summed E-state index contributed by atoms with van der Waals surface area (Å²) in [6.07, 6.45) is 0.153. The van der Waals surface area contributed by atoms with Crippen molar-refractivity contribution in [3.63, 3.8) is 0 Å². The zero-order valence-corrected chi connectivity index (χ0v) is 17.2. The van der Waals surface area contributed by atoms with Crippen LogP contribution in [-0.2, 0) is 22.6 Å². The molecular weight excluding hydrogens is 416 g/mol. The van der Waals surface area contributed by atoms with E-state index in [-0.39, 0.29) is 18.2 Å². The van der Waals surface area contributed by atoms with Crippen molar-refractivity contribution in [2.75, 3.05) is 6.54 Å². The van der Waals surface area contributed by atoms with E-state index in [9.17, 15) is 9.59 Å². The molecule has 138 valence electrons. The largest absolute Gasteiger partial charge is 0.355 e. The molecule has 2 amide bonds. The molecule has 0 aliphatic carbocycles. The van der Waals surface area contributed by atoms with Crippen LogP contribution in [0.15, 0.2) is 53.0 Å². The molecule has 2 rings (SSSR count). The average molecular weight is 438 g/mol. The molecule has 2 aromatic rings. The molecule has 6 heteroatoms. The topological polar surface area (TPSA) is 49.4 Å². The number of hydrogen-bond donors (Lipinski definition) is 1. The molecule has 0 fully saturated rings. The summed E-state index contributed by atoms with van der Waals surface area (Å²) in [7, 11) is 0. The Hall–Kier alpha value is -1.85. The Morgan fingerprint density at radius 3 is 2.42 bits per heavy atom. The highest BCUT2D eigenvalue weighted by molar-refractivity contribution is 9.10. The van der Waals surface area contributed by atoms with Crippen LogP contribution in [0.25, 0.3) is 0 Å². The monoisotopic (exact) mass is 436 g/mol. The van der Waals surface area contributed by atoms with E-state index in [0.717, 1.165) is 15.6 Å². The number of halogens is 2. The standard InChI is InChI=1S/C20H22BrClN2O2/c1-3-23-20(26)14(2)24(13-15-8-10-17(21)11-9-15)19(25)12-16-6-4-5-7-18(16)22/h4-11,14H,3,12-13H2,1-2H3,(H,23,26)/t14-/m1/s1. The highest BCUT2D eigenvalue weighted by Crippen LogP contribution is 2.19. The van der Waals surface area contributed by atoms with Crippen LogP contribution in [0.4, 0.5) is 0 Å². The Labute approximate surface area is 167 Å². The van der Waals surface area contributed by atoms with Crippen molar-refractivity contribution in [2.24, 2.45) is 0 Å². The summed E-state index contributed by atoms with van der Waals surface area (Å²) >= 11 is 9.59. The second-order valence-electron chi connectivity index (χ2n) is 5.99. The van der Waals surface area contributed by atoms with Gasteiger partial charge in [0.2, 0.25) is 11.8 Å². The van der Waals surface area contributed by atoms with Crippen molar-refractivity contribution in [2.45, 2.75) is 32.9 Å². The third-order valence-electron chi connectivity index (χ3n) is 4.08. The van der Waals surface area contributed by atoms with E-state index in [1.165, 1.54) is 0 Å². The zero-order valence-electron chi connectivity index (χ0n) is 14.8. The number of amides is 2. The number of likely N-dealkylation sites (N-methyl/N-ethyl adjacent to an activating group) is 1. The second-order valence-corrected chi connectivity index (χ2v) is 7.31. The molecular formula is C20H22BrClN2O2. The number of nitrogens with zero attached hydrogens (tertiary/aromatic N) is 1. The summed E-state index contributed by atoms with van der Waals surface area (Å²) in [6.45, 7) is 4.48. The quantitative estimate of drug-likeness (QED) is 0.706. The second kappa shape index (κ2) is 9.74. The van der Waals surface area contributed by atoms with Gasteiger partial charge >= 0.3 is 0 Å². The number of benzene rings is 2. The van der Waals surface area contributed by atoms with Gasteiger partial charge in [0.05, 0.1) is 6.42 Å². The van der Waals surface area contributed by atoms with Crippen molar-refractivity contribution in [1.29, 1.82) is 0 Å². The van der Waals surface area contributed by atoms with Crippen molar-refractivity contribution in [3.8, 4) is 0 Å². The van der Waals surface area contributed by atoms with E-state index in [0.29, 0.717) is 18.1 Å². The molecule has 0 unspecified atom stereocenters. The summed E-state index contributed by atoms with van der Waals surface area (Å²) in [4.78, 5) is 26.9. The molecule has 0 bridgehead atoms. The van der Waals surface area contributed by atoms with E-state index in [4.69, 9.17) is 11.6 Å². The minimum absolute atomic E-state index is 0.139. The maximum atomic E-state index is 13.0. The summed E-state index contributed by atoms with van der Waals surface area (Å²) in [5.74, 6) is -0.308. The van der Waals surface area contributed by atoms with Crippen molar-refractivity contribution < 1.29 is 9.59 Å². The van der Waals surface area contributed by atoms with E-state index in [1.54, 1.807) is 17.9 Å². The van der Waals surface area contributed by atoms with Gasteiger partial charge in [0.25, 0.3) is 0 Å². The summed E-state index contributed by atoms with van der Waals surface area (Å²) in [6, 6.07) is 14.4. The number of hydrogen-bond acceptors (Lipinski definition) is 2. The lowest BCUT2D eigenvalue weighted by atomic mass is 10.1. The fourth-order valence-corrected chi connectivity index (χ4v) is 3.06. The van der Waals surface area contributed by atoms with Gasteiger partial charge in [-0.15, -0.1) is 0 Å². The SMILES string of the molecule is CCNC(=O)[C@@H](C)N(Cc1ccc(Br)cc1)C(=O)Cc1ccccc1Cl. The van der Waals surface area contributed by atoms with Crippen molar-refractivity contribution in [1.82, 2.24) is 10.2 Å². The summed E-state index contributed by atoms with van der Waals surface area (Å²) in [5, 5.41) is 3.34. The predicted octanol–water partition coefficient (Wildman–Crippen LogP) is 4.20. The molecule has 0 heterocycles. The Morgan fingerprint density at radius 2 is 1.81 bits per heavy atom. The average Bonchev–Trinajstić information content (AvgIpc) is 2.62. The highest BCUT2D eigenvalue weighted by atomic mass is 79.9. The van der Waals surface area contributed by atoms with Gasteiger partial charge in [-0.25, -0.2) is 0 Å². The van der Waals surface area contributed by atoms with Crippen molar-refractivity contribution >= 4 is 39.3 Å². The van der Waals surface area contributed by atoms with Gasteiger partial charge in [0.1, 0.15) is 6.04 Å². The minimum Gasteiger partial charge on any atom is -0.355 e. The highest BCUT2D eigenvalue weighted by Gasteiger charge is 2.26. The lowest BCUT2D eigenvalue weighted by molar-refractivity contribution is -0.140. The predicted molar refractivity (Wildman–Crippen MR) is 108 cm³/mol. The van der Waals surface area contributed by atoms with Crippen LogP contribution >= 0.6 is 27.5 Å². The molecule has 26 heavy (non-hydrogen) atoms. The van der Waals surface area contributed by atoms with Gasteiger partial charge in [-0.1, -0.05) is 57.9 Å². The molecule has 4 nitrogen and oxygen atoms in total. The van der Waals surface area contributed by atoms with Gasteiger partial charge in [-0.05, 0) is 43.2 Å². The molecule has 0 aromatic heterocycles. The Bertz CT molecular complexity index is 765. The van der Waals surface area contributed by atoms with E-state index < -0.39 is 6.04 Å². The van der Waals surface area contributed by atoms with Crippen LogP contribution in [0.3, 0.4) is 0 Å². The normalized spacial score (nSPS) is 11.7. The van der Waals surface area contributed by atoms with E-state index >= 15 is 0 Å². The first-order valence-electron chi connectivity index (χ1n) is 8.47. The first-order valence-corrected chi connectivity index (χ1v) is 9.64. The van der Waals surface area contributed by atoms with Gasteiger partial charge in [-0.2, -0.15) is 0 Å². The first-order chi connectivity index (χ1) is 12.4. The number of carbonyl (C=O) groups excluding carboxylic acids is 2. The fraction of sp³-hybridized carbons (Fsp3) is 0.300. The zero-order chi connectivity index (χ0) is 19.1. The van der Waals surface area contributed by atoms with Gasteiger partial charge in [0, 0.05) is 22.6 Å². The first kappa shape index (κ1) is 20.5. The van der Waals surface area contributed by atoms with Gasteiger partial charge in [0.15, 0.2) is 0 Å². The number of carbonyl (C=O) groups is 2. The fourth-order valence-electron chi connectivity index (χ4n) is 2.60. The third-order valence-corrected chi connectivity index (χ3v) is 4.98. The van der Waals surface area contributed by atoms with Crippen LogP contribution in [0.2, 0.25) is 5.02 Å². The third kappa shape index (κ3) is 5.58. The lowest BCUT2D eigenvalue weighted by Crippen LogP contribution is -2.48. The molecule has 2 aromatic carbocycles. The molecule has 0 saturated heterocycles. The van der Waals surface area contributed by atoms with Crippen LogP contribution in [-0.4, -0.2) is 29.3 Å². The lowest BCUT2D eigenvalue weighted by Gasteiger charge is -2.29. The molecule has 0 spiro atoms. The molecule has 0 aliphatic rings. The van der Waals surface area contributed by atoms with Crippen LogP contribution in [0, 0.1) is 0 Å². The Morgan fingerprint density at radius 1 is 1.15 bits per heavy atom. The molecule has 1 N–H and O–H groups in total. The Kier molecular flexibility index (Phi) is 7.66.